The van der Waals surface area contributed by atoms with E-state index in [0.29, 0.717) is 28.9 Å². The maximum Gasteiger partial charge on any atom is 0.183 e. The lowest BCUT2D eigenvalue weighted by Gasteiger charge is -2.23. The van der Waals surface area contributed by atoms with Gasteiger partial charge in [0.1, 0.15) is 6.07 Å². The summed E-state index contributed by atoms with van der Waals surface area (Å²) in [6.07, 6.45) is 0. The van der Waals surface area contributed by atoms with Crippen molar-refractivity contribution in [3.05, 3.63) is 76.7 Å². The molecule has 0 unspecified atom stereocenters. The van der Waals surface area contributed by atoms with Gasteiger partial charge in [0.05, 0.1) is 0 Å². The summed E-state index contributed by atoms with van der Waals surface area (Å²) in [5.74, 6) is 0.655. The van der Waals surface area contributed by atoms with Crippen LogP contribution in [0.15, 0.2) is 60.7 Å². The number of thiazole rings is 1. The Balaban J connectivity index is 1.94. The third-order valence-corrected chi connectivity index (χ3v) is 4.24. The van der Waals surface area contributed by atoms with E-state index in [2.05, 4.69) is 40.2 Å². The molecule has 3 rings (SSSR count). The standard InChI is InChI=1S/C18H16N4S/c19-11-16-17(21-18(20)23-16)22(12-14-7-3-1-4-8-14)13-15-9-5-2-6-10-15/h1-10H,12-13H2,(H2,20,21). The Bertz CT molecular complexity index is 765. The van der Waals surface area contributed by atoms with Crippen molar-refractivity contribution in [2.24, 2.45) is 0 Å². The molecule has 2 N–H and O–H groups in total. The van der Waals surface area contributed by atoms with Gasteiger partial charge in [0, 0.05) is 13.1 Å². The zero-order valence-electron chi connectivity index (χ0n) is 12.5. The summed E-state index contributed by atoms with van der Waals surface area (Å²) in [5.41, 5.74) is 8.14. The summed E-state index contributed by atoms with van der Waals surface area (Å²) in [4.78, 5) is 7.02. The number of nitriles is 1. The number of benzene rings is 2. The van der Waals surface area contributed by atoms with Gasteiger partial charge >= 0.3 is 0 Å². The predicted octanol–water partition coefficient (Wildman–Crippen LogP) is 3.80. The number of nitrogen functional groups attached to an aromatic ring is 1. The Kier molecular flexibility index (Phi) is 4.55. The van der Waals surface area contributed by atoms with Crippen LogP contribution < -0.4 is 10.6 Å². The Labute approximate surface area is 139 Å². The quantitative estimate of drug-likeness (QED) is 0.776. The highest BCUT2D eigenvalue weighted by atomic mass is 32.1. The highest BCUT2D eigenvalue weighted by molar-refractivity contribution is 7.16. The van der Waals surface area contributed by atoms with Crippen molar-refractivity contribution in [3.8, 4) is 6.07 Å². The Morgan fingerprint density at radius 2 is 1.48 bits per heavy atom. The van der Waals surface area contributed by atoms with Gasteiger partial charge in [-0.25, -0.2) is 4.98 Å². The molecular weight excluding hydrogens is 304 g/mol. The van der Waals surface area contributed by atoms with Crippen LogP contribution in [0.2, 0.25) is 0 Å². The van der Waals surface area contributed by atoms with Crippen molar-refractivity contribution in [1.82, 2.24) is 4.98 Å². The van der Waals surface area contributed by atoms with Gasteiger partial charge in [0.25, 0.3) is 0 Å². The maximum atomic E-state index is 9.35. The molecule has 0 radical (unpaired) electrons. The fourth-order valence-corrected chi connectivity index (χ4v) is 3.08. The second-order valence-corrected chi connectivity index (χ2v) is 6.17. The van der Waals surface area contributed by atoms with Gasteiger partial charge in [-0.3, -0.25) is 0 Å². The smallest absolute Gasteiger partial charge is 0.183 e. The summed E-state index contributed by atoms with van der Waals surface area (Å²) in [6.45, 7) is 1.35. The number of hydrogen-bond acceptors (Lipinski definition) is 5. The van der Waals surface area contributed by atoms with E-state index in [4.69, 9.17) is 5.73 Å². The molecule has 0 atom stereocenters. The molecule has 4 nitrogen and oxygen atoms in total. The third-order valence-electron chi connectivity index (χ3n) is 3.46. The second kappa shape index (κ2) is 6.95. The lowest BCUT2D eigenvalue weighted by molar-refractivity contribution is 0.786. The Hall–Kier alpha value is -2.84. The van der Waals surface area contributed by atoms with Crippen LogP contribution in [0.5, 0.6) is 0 Å². The van der Waals surface area contributed by atoms with E-state index in [-0.39, 0.29) is 0 Å². The van der Waals surface area contributed by atoms with Crippen molar-refractivity contribution >= 4 is 22.3 Å². The largest absolute Gasteiger partial charge is 0.375 e. The zero-order valence-corrected chi connectivity index (χ0v) is 13.3. The van der Waals surface area contributed by atoms with E-state index in [1.807, 2.05) is 36.4 Å². The van der Waals surface area contributed by atoms with E-state index < -0.39 is 0 Å². The van der Waals surface area contributed by atoms with Crippen molar-refractivity contribution in [1.29, 1.82) is 5.26 Å². The number of aromatic nitrogens is 1. The minimum atomic E-state index is 0.419. The van der Waals surface area contributed by atoms with Gasteiger partial charge in [-0.2, -0.15) is 5.26 Å². The van der Waals surface area contributed by atoms with E-state index in [1.54, 1.807) is 0 Å². The van der Waals surface area contributed by atoms with Gasteiger partial charge in [-0.15, -0.1) is 0 Å². The summed E-state index contributed by atoms with van der Waals surface area (Å²) < 4.78 is 0. The molecule has 3 aromatic rings. The first kappa shape index (κ1) is 15.1. The number of hydrogen-bond donors (Lipinski definition) is 1. The third kappa shape index (κ3) is 3.68. The predicted molar refractivity (Wildman–Crippen MR) is 94.0 cm³/mol. The van der Waals surface area contributed by atoms with Crippen LogP contribution in [-0.4, -0.2) is 4.98 Å². The first-order chi connectivity index (χ1) is 11.3. The van der Waals surface area contributed by atoms with Crippen LogP contribution in [0.4, 0.5) is 10.9 Å². The van der Waals surface area contributed by atoms with Gasteiger partial charge in [-0.05, 0) is 11.1 Å². The normalized spacial score (nSPS) is 10.2. The molecule has 0 aliphatic heterocycles. The van der Waals surface area contributed by atoms with E-state index in [1.165, 1.54) is 22.5 Å². The first-order valence-corrected chi connectivity index (χ1v) is 8.07. The van der Waals surface area contributed by atoms with Gasteiger partial charge in [0.2, 0.25) is 0 Å². The van der Waals surface area contributed by atoms with E-state index in [0.717, 1.165) is 0 Å². The summed E-state index contributed by atoms with van der Waals surface area (Å²) in [5, 5.41) is 9.77. The van der Waals surface area contributed by atoms with Crippen LogP contribution in [0, 0.1) is 11.3 Å². The van der Waals surface area contributed by atoms with Crippen molar-refractivity contribution < 1.29 is 0 Å². The molecule has 0 saturated heterocycles. The molecule has 2 aromatic carbocycles. The highest BCUT2D eigenvalue weighted by Gasteiger charge is 2.17. The molecule has 0 amide bonds. The molecule has 0 aliphatic carbocycles. The maximum absolute atomic E-state index is 9.35. The fraction of sp³-hybridized carbons (Fsp3) is 0.111. The molecule has 0 bridgehead atoms. The molecule has 0 aliphatic rings. The lowest BCUT2D eigenvalue weighted by Crippen LogP contribution is -2.23. The molecule has 1 heterocycles. The molecule has 114 valence electrons. The summed E-state index contributed by atoms with van der Waals surface area (Å²) >= 11 is 1.23. The Morgan fingerprint density at radius 1 is 0.957 bits per heavy atom. The molecule has 0 saturated carbocycles. The molecular formula is C18H16N4S. The highest BCUT2D eigenvalue weighted by Crippen LogP contribution is 2.29. The van der Waals surface area contributed by atoms with Crippen LogP contribution in [0.3, 0.4) is 0 Å². The molecule has 0 fully saturated rings. The van der Waals surface area contributed by atoms with Crippen molar-refractivity contribution in [2.75, 3.05) is 10.6 Å². The SMILES string of the molecule is N#Cc1sc(N)nc1N(Cc1ccccc1)Cc1ccccc1. The summed E-state index contributed by atoms with van der Waals surface area (Å²) in [6, 6.07) is 22.5. The molecule has 5 heteroatoms. The lowest BCUT2D eigenvalue weighted by atomic mass is 10.1. The number of anilines is 2. The van der Waals surface area contributed by atoms with Gasteiger partial charge < -0.3 is 10.6 Å². The minimum Gasteiger partial charge on any atom is -0.375 e. The fourth-order valence-electron chi connectivity index (χ4n) is 2.43. The van der Waals surface area contributed by atoms with Gasteiger partial charge in [0.15, 0.2) is 15.8 Å². The average molecular weight is 320 g/mol. The zero-order chi connectivity index (χ0) is 16.1. The molecule has 1 aromatic heterocycles. The number of nitrogens with two attached hydrogens (primary N) is 1. The van der Waals surface area contributed by atoms with Gasteiger partial charge in [-0.1, -0.05) is 72.0 Å². The second-order valence-electron chi connectivity index (χ2n) is 5.14. The van der Waals surface area contributed by atoms with E-state index in [9.17, 15) is 5.26 Å². The Morgan fingerprint density at radius 3 is 1.96 bits per heavy atom. The monoisotopic (exact) mass is 320 g/mol. The first-order valence-electron chi connectivity index (χ1n) is 7.25. The van der Waals surface area contributed by atoms with E-state index >= 15 is 0 Å². The summed E-state index contributed by atoms with van der Waals surface area (Å²) in [7, 11) is 0. The van der Waals surface area contributed by atoms with Crippen LogP contribution in [-0.2, 0) is 13.1 Å². The van der Waals surface area contributed by atoms with Crippen molar-refractivity contribution in [2.45, 2.75) is 13.1 Å². The van der Waals surface area contributed by atoms with Crippen LogP contribution in [0.1, 0.15) is 16.0 Å². The molecule has 23 heavy (non-hydrogen) atoms. The number of nitrogens with zero attached hydrogens (tertiary/aromatic N) is 3. The van der Waals surface area contributed by atoms with Crippen molar-refractivity contribution in [3.63, 3.8) is 0 Å². The number of rotatable bonds is 5. The molecule has 0 spiro atoms. The average Bonchev–Trinajstić information content (AvgIpc) is 2.97. The van der Waals surface area contributed by atoms with Crippen LogP contribution >= 0.6 is 11.3 Å². The topological polar surface area (TPSA) is 65.9 Å². The van der Waals surface area contributed by atoms with Crippen LogP contribution in [0.25, 0.3) is 0 Å². The minimum absolute atomic E-state index is 0.419.